The van der Waals surface area contributed by atoms with Crippen molar-refractivity contribution >= 4 is 5.91 Å². The molecular weight excluding hydrogens is 245 g/mol. The van der Waals surface area contributed by atoms with Crippen LogP contribution in [0.3, 0.4) is 0 Å². The van der Waals surface area contributed by atoms with Gasteiger partial charge in [-0.3, -0.25) is 4.79 Å². The van der Waals surface area contributed by atoms with Gasteiger partial charge in [0.1, 0.15) is 0 Å². The van der Waals surface area contributed by atoms with Crippen LogP contribution in [0.5, 0.6) is 0 Å². The molecule has 0 bridgehead atoms. The Hall–Kier alpha value is -0.780. The van der Waals surface area contributed by atoms with E-state index in [2.05, 4.69) is 0 Å². The van der Waals surface area contributed by atoms with Crippen LogP contribution >= 0.6 is 0 Å². The van der Waals surface area contributed by atoms with E-state index >= 15 is 0 Å². The SMILES string of the molecule is CCN(CCN)C(=O)C1CCCC(C(F)(F)F)C1. The average molecular weight is 266 g/mol. The van der Waals surface area contributed by atoms with Gasteiger partial charge in [0.25, 0.3) is 0 Å². The molecule has 0 aromatic heterocycles. The van der Waals surface area contributed by atoms with Crippen LogP contribution in [0, 0.1) is 11.8 Å². The van der Waals surface area contributed by atoms with E-state index in [4.69, 9.17) is 5.73 Å². The van der Waals surface area contributed by atoms with Crippen LogP contribution in [0.1, 0.15) is 32.6 Å². The van der Waals surface area contributed by atoms with Gasteiger partial charge in [-0.05, 0) is 26.2 Å². The number of halogens is 3. The summed E-state index contributed by atoms with van der Waals surface area (Å²) in [6.45, 7) is 3.08. The Bertz CT molecular complexity index is 281. The Morgan fingerprint density at radius 2 is 2.06 bits per heavy atom. The van der Waals surface area contributed by atoms with Crippen LogP contribution in [-0.2, 0) is 4.79 Å². The minimum Gasteiger partial charge on any atom is -0.341 e. The van der Waals surface area contributed by atoms with Gasteiger partial charge in [0.2, 0.25) is 5.91 Å². The summed E-state index contributed by atoms with van der Waals surface area (Å²) < 4.78 is 38.0. The molecular formula is C12H21F3N2O. The second kappa shape index (κ2) is 6.41. The van der Waals surface area contributed by atoms with Crippen molar-refractivity contribution in [3.8, 4) is 0 Å². The number of carbonyl (C=O) groups excluding carboxylic acids is 1. The van der Waals surface area contributed by atoms with E-state index in [9.17, 15) is 18.0 Å². The van der Waals surface area contributed by atoms with E-state index in [-0.39, 0.29) is 18.7 Å². The highest BCUT2D eigenvalue weighted by Crippen LogP contribution is 2.40. The number of nitrogens with two attached hydrogens (primary N) is 1. The third-order valence-corrected chi connectivity index (χ3v) is 3.58. The molecule has 6 heteroatoms. The maximum Gasteiger partial charge on any atom is 0.391 e. The summed E-state index contributed by atoms with van der Waals surface area (Å²) in [5, 5.41) is 0. The number of hydrogen-bond acceptors (Lipinski definition) is 2. The normalized spacial score (nSPS) is 24.9. The number of nitrogens with zero attached hydrogens (tertiary/aromatic N) is 1. The van der Waals surface area contributed by atoms with Crippen molar-refractivity contribution in [1.29, 1.82) is 0 Å². The second-order valence-corrected chi connectivity index (χ2v) is 4.81. The fourth-order valence-electron chi connectivity index (χ4n) is 2.55. The van der Waals surface area contributed by atoms with Crippen LogP contribution in [0.4, 0.5) is 13.2 Å². The van der Waals surface area contributed by atoms with Crippen LogP contribution in [0.25, 0.3) is 0 Å². The molecule has 0 aromatic rings. The monoisotopic (exact) mass is 266 g/mol. The molecule has 0 heterocycles. The van der Waals surface area contributed by atoms with Gasteiger partial charge >= 0.3 is 6.18 Å². The van der Waals surface area contributed by atoms with Gasteiger partial charge in [0.15, 0.2) is 0 Å². The Morgan fingerprint density at radius 1 is 1.39 bits per heavy atom. The predicted octanol–water partition coefficient (Wildman–Crippen LogP) is 2.16. The molecule has 0 aromatic carbocycles. The van der Waals surface area contributed by atoms with Gasteiger partial charge in [0, 0.05) is 25.6 Å². The van der Waals surface area contributed by atoms with Gasteiger partial charge in [0.05, 0.1) is 5.92 Å². The van der Waals surface area contributed by atoms with Gasteiger partial charge < -0.3 is 10.6 Å². The highest BCUT2D eigenvalue weighted by atomic mass is 19.4. The van der Waals surface area contributed by atoms with E-state index in [1.807, 2.05) is 6.92 Å². The fraction of sp³-hybridized carbons (Fsp3) is 0.917. The quantitative estimate of drug-likeness (QED) is 0.847. The van der Waals surface area contributed by atoms with Crippen molar-refractivity contribution in [3.05, 3.63) is 0 Å². The second-order valence-electron chi connectivity index (χ2n) is 4.81. The molecule has 3 nitrogen and oxygen atoms in total. The lowest BCUT2D eigenvalue weighted by atomic mass is 9.80. The molecule has 106 valence electrons. The molecule has 1 fully saturated rings. The van der Waals surface area contributed by atoms with E-state index in [1.54, 1.807) is 4.90 Å². The Kier molecular flexibility index (Phi) is 5.44. The highest BCUT2D eigenvalue weighted by Gasteiger charge is 2.44. The summed E-state index contributed by atoms with van der Waals surface area (Å²) in [4.78, 5) is 13.7. The lowest BCUT2D eigenvalue weighted by molar-refractivity contribution is -0.187. The van der Waals surface area contributed by atoms with Crippen molar-refractivity contribution < 1.29 is 18.0 Å². The molecule has 1 aliphatic carbocycles. The smallest absolute Gasteiger partial charge is 0.341 e. The number of carbonyl (C=O) groups is 1. The standard InChI is InChI=1S/C12H21F3N2O/c1-2-17(7-6-16)11(18)9-4-3-5-10(8-9)12(13,14)15/h9-10H,2-8,16H2,1H3. The molecule has 1 saturated carbocycles. The molecule has 2 N–H and O–H groups in total. The summed E-state index contributed by atoms with van der Waals surface area (Å²) in [5.74, 6) is -1.98. The molecule has 1 rings (SSSR count). The number of amides is 1. The van der Waals surface area contributed by atoms with E-state index in [0.717, 1.165) is 0 Å². The Balaban J connectivity index is 2.63. The van der Waals surface area contributed by atoms with E-state index in [1.165, 1.54) is 0 Å². The minimum atomic E-state index is -4.18. The van der Waals surface area contributed by atoms with Gasteiger partial charge in [-0.2, -0.15) is 13.2 Å². The van der Waals surface area contributed by atoms with Gasteiger partial charge in [-0.1, -0.05) is 6.42 Å². The first-order valence-electron chi connectivity index (χ1n) is 6.45. The highest BCUT2D eigenvalue weighted by molar-refractivity contribution is 5.79. The third-order valence-electron chi connectivity index (χ3n) is 3.58. The first-order chi connectivity index (χ1) is 8.40. The molecule has 0 radical (unpaired) electrons. The number of alkyl halides is 3. The number of likely N-dealkylation sites (N-methyl/N-ethyl adjacent to an activating group) is 1. The van der Waals surface area contributed by atoms with Crippen LogP contribution in [0.15, 0.2) is 0 Å². The zero-order chi connectivity index (χ0) is 13.8. The van der Waals surface area contributed by atoms with Crippen molar-refractivity contribution in [2.24, 2.45) is 17.6 Å². The fourth-order valence-corrected chi connectivity index (χ4v) is 2.55. The first-order valence-corrected chi connectivity index (χ1v) is 6.45. The van der Waals surface area contributed by atoms with Crippen molar-refractivity contribution in [1.82, 2.24) is 4.90 Å². The molecule has 2 atom stereocenters. The van der Waals surface area contributed by atoms with Crippen molar-refractivity contribution in [2.45, 2.75) is 38.8 Å². The van der Waals surface area contributed by atoms with Crippen LogP contribution < -0.4 is 5.73 Å². The lowest BCUT2D eigenvalue weighted by Crippen LogP contribution is -2.42. The average Bonchev–Trinajstić information content (AvgIpc) is 2.34. The van der Waals surface area contributed by atoms with Gasteiger partial charge in [-0.15, -0.1) is 0 Å². The summed E-state index contributed by atoms with van der Waals surface area (Å²) >= 11 is 0. The Morgan fingerprint density at radius 3 is 2.56 bits per heavy atom. The summed E-state index contributed by atoms with van der Waals surface area (Å²) in [5.41, 5.74) is 5.39. The van der Waals surface area contributed by atoms with Crippen molar-refractivity contribution in [3.63, 3.8) is 0 Å². The van der Waals surface area contributed by atoms with E-state index < -0.39 is 18.0 Å². The predicted molar refractivity (Wildman–Crippen MR) is 62.8 cm³/mol. The molecule has 18 heavy (non-hydrogen) atoms. The van der Waals surface area contributed by atoms with E-state index in [0.29, 0.717) is 32.5 Å². The lowest BCUT2D eigenvalue weighted by Gasteiger charge is -2.33. The summed E-state index contributed by atoms with van der Waals surface area (Å²) in [6.07, 6.45) is -3.06. The van der Waals surface area contributed by atoms with Gasteiger partial charge in [-0.25, -0.2) is 0 Å². The summed E-state index contributed by atoms with van der Waals surface area (Å²) in [7, 11) is 0. The molecule has 0 spiro atoms. The maximum absolute atomic E-state index is 12.7. The zero-order valence-corrected chi connectivity index (χ0v) is 10.7. The molecule has 1 aliphatic rings. The van der Waals surface area contributed by atoms with Crippen molar-refractivity contribution in [2.75, 3.05) is 19.6 Å². The first kappa shape index (κ1) is 15.3. The largest absolute Gasteiger partial charge is 0.391 e. The van der Waals surface area contributed by atoms with Crippen LogP contribution in [-0.4, -0.2) is 36.6 Å². The minimum absolute atomic E-state index is 0.0661. The number of rotatable bonds is 4. The topological polar surface area (TPSA) is 46.3 Å². The Labute approximate surface area is 106 Å². The molecule has 2 unspecified atom stereocenters. The zero-order valence-electron chi connectivity index (χ0n) is 10.7. The van der Waals surface area contributed by atoms with Crippen LogP contribution in [0.2, 0.25) is 0 Å². The molecule has 0 saturated heterocycles. The summed E-state index contributed by atoms with van der Waals surface area (Å²) in [6, 6.07) is 0. The maximum atomic E-state index is 12.7. The molecule has 0 aliphatic heterocycles. The molecule has 1 amide bonds. The third kappa shape index (κ3) is 3.86. The number of hydrogen-bond donors (Lipinski definition) is 1.